The van der Waals surface area contributed by atoms with E-state index in [1.165, 1.54) is 210 Å². The molecule has 0 rings (SSSR count). The highest BCUT2D eigenvalue weighted by molar-refractivity contribution is 7.79. The van der Waals surface area contributed by atoms with E-state index < -0.39 is 10.4 Å². The number of hydrogen-bond donors (Lipinski definition) is 1. The van der Waals surface area contributed by atoms with E-state index in [1.54, 1.807) is 0 Å². The van der Waals surface area contributed by atoms with Crippen LogP contribution in [0.3, 0.4) is 0 Å². The van der Waals surface area contributed by atoms with Crippen LogP contribution < -0.4 is 0 Å². The minimum absolute atomic E-state index is 1.37. The molecular weight excluding hydrogens is 542 g/mol. The summed E-state index contributed by atoms with van der Waals surface area (Å²) in [6.07, 6.45) is 40.7. The van der Waals surface area contributed by atoms with Gasteiger partial charge in [0.1, 0.15) is 0 Å². The molecule has 0 unspecified atom stereocenters. The van der Waals surface area contributed by atoms with Gasteiger partial charge < -0.3 is 9.04 Å². The molecule has 6 heteroatoms. The lowest BCUT2D eigenvalue weighted by molar-refractivity contribution is -0.929. The number of unbranched alkanes of at least 4 members (excludes halogenated alkanes) is 24. The summed E-state index contributed by atoms with van der Waals surface area (Å²) < 4.78 is 34.3. The normalized spacial score (nSPS) is 12.0. The molecule has 0 aromatic rings. The van der Waals surface area contributed by atoms with Crippen LogP contribution >= 0.6 is 0 Å². The summed E-state index contributed by atoms with van der Waals surface area (Å²) in [5, 5.41) is 0. The molecule has 0 spiro atoms. The van der Waals surface area contributed by atoms with E-state index in [0.29, 0.717) is 0 Å². The molecule has 0 aliphatic rings. The standard InChI is InChI=1S/C36H76N.H2O4S/c1-5-9-13-17-21-25-29-33-37(34-30-26-22-18-14-10-6-2,35-31-27-23-19-15-11-7-3)36-32-28-24-20-16-12-8-4;1-5(2,3)4/h5-36H2,1-4H3;(H2,1,2,3,4)/q+1;/p-1. The van der Waals surface area contributed by atoms with E-state index in [9.17, 15) is 0 Å². The van der Waals surface area contributed by atoms with Crippen molar-refractivity contribution >= 4 is 10.4 Å². The largest absolute Gasteiger partial charge is 0.726 e. The van der Waals surface area contributed by atoms with E-state index in [4.69, 9.17) is 17.5 Å². The molecule has 0 bridgehead atoms. The average molecular weight is 620 g/mol. The summed E-state index contributed by atoms with van der Waals surface area (Å²) in [5.41, 5.74) is 0. The van der Waals surface area contributed by atoms with Crippen molar-refractivity contribution in [3.63, 3.8) is 0 Å². The van der Waals surface area contributed by atoms with Gasteiger partial charge >= 0.3 is 0 Å². The molecule has 0 aliphatic carbocycles. The minimum Gasteiger partial charge on any atom is -0.726 e. The highest BCUT2D eigenvalue weighted by atomic mass is 32.3. The minimum atomic E-state index is -4.92. The monoisotopic (exact) mass is 620 g/mol. The van der Waals surface area contributed by atoms with E-state index in [-0.39, 0.29) is 0 Å². The zero-order valence-corrected chi connectivity index (χ0v) is 30.0. The summed E-state index contributed by atoms with van der Waals surface area (Å²) in [6.45, 7) is 15.3. The van der Waals surface area contributed by atoms with Crippen LogP contribution in [0.4, 0.5) is 0 Å². The molecule has 42 heavy (non-hydrogen) atoms. The highest BCUT2D eigenvalue weighted by Gasteiger charge is 2.25. The van der Waals surface area contributed by atoms with Crippen molar-refractivity contribution in [2.45, 2.75) is 207 Å². The van der Waals surface area contributed by atoms with Gasteiger partial charge in [-0.25, -0.2) is 8.42 Å². The fourth-order valence-electron chi connectivity index (χ4n) is 6.29. The van der Waals surface area contributed by atoms with E-state index in [1.807, 2.05) is 0 Å². The molecule has 0 aliphatic heterocycles. The van der Waals surface area contributed by atoms with Crippen molar-refractivity contribution in [1.82, 2.24) is 0 Å². The molecule has 0 atom stereocenters. The van der Waals surface area contributed by atoms with Gasteiger partial charge in [0.2, 0.25) is 10.4 Å². The first-order chi connectivity index (χ1) is 20.2. The summed E-state index contributed by atoms with van der Waals surface area (Å²) in [5.74, 6) is 0. The molecule has 0 amide bonds. The van der Waals surface area contributed by atoms with Gasteiger partial charge in [-0.2, -0.15) is 0 Å². The van der Waals surface area contributed by atoms with Crippen LogP contribution in [0.15, 0.2) is 0 Å². The Kier molecular flexibility index (Phi) is 35.3. The smallest absolute Gasteiger partial charge is 0.215 e. The molecule has 0 saturated carbocycles. The van der Waals surface area contributed by atoms with Crippen molar-refractivity contribution in [3.8, 4) is 0 Å². The van der Waals surface area contributed by atoms with Crippen LogP contribution in [0.5, 0.6) is 0 Å². The Hall–Kier alpha value is -0.170. The topological polar surface area (TPSA) is 77.4 Å². The maximum atomic E-state index is 8.63. The quantitative estimate of drug-likeness (QED) is 0.0351. The highest BCUT2D eigenvalue weighted by Crippen LogP contribution is 2.21. The zero-order valence-electron chi connectivity index (χ0n) is 29.2. The summed E-state index contributed by atoms with van der Waals surface area (Å²) in [4.78, 5) is 0. The fraction of sp³-hybridized carbons (Fsp3) is 1.00. The van der Waals surface area contributed by atoms with Gasteiger partial charge in [0.25, 0.3) is 0 Å². The van der Waals surface area contributed by atoms with Gasteiger partial charge in [0, 0.05) is 0 Å². The Morgan fingerprint density at radius 3 is 0.690 bits per heavy atom. The number of nitrogens with zero attached hydrogens (tertiary/aromatic N) is 1. The molecule has 0 aromatic carbocycles. The predicted molar refractivity (Wildman–Crippen MR) is 184 cm³/mol. The maximum absolute atomic E-state index is 8.63. The fourth-order valence-corrected chi connectivity index (χ4v) is 6.29. The SMILES string of the molecule is CCCCCCCCC[N+](CCCCCCCCC)(CCCCCCCCC)CCCCCCCCC.O=S(=O)([O-])O. The Balaban J connectivity index is 0. The number of hydrogen-bond acceptors (Lipinski definition) is 3. The van der Waals surface area contributed by atoms with Gasteiger partial charge in [0.15, 0.2) is 0 Å². The molecule has 0 aromatic heterocycles. The van der Waals surface area contributed by atoms with Crippen molar-refractivity contribution in [2.24, 2.45) is 0 Å². The first-order valence-electron chi connectivity index (χ1n) is 18.8. The molecular formula is C36H77NO4S. The van der Waals surface area contributed by atoms with Crippen molar-refractivity contribution in [2.75, 3.05) is 26.2 Å². The van der Waals surface area contributed by atoms with E-state index in [0.717, 1.165) is 0 Å². The molecule has 256 valence electrons. The van der Waals surface area contributed by atoms with Crippen LogP contribution in [-0.4, -0.2) is 48.2 Å². The van der Waals surface area contributed by atoms with Crippen molar-refractivity contribution < 1.29 is 22.0 Å². The molecule has 0 fully saturated rings. The second kappa shape index (κ2) is 33.7. The number of quaternary nitrogens is 1. The summed E-state index contributed by atoms with van der Waals surface area (Å²) in [6, 6.07) is 0. The molecule has 1 N–H and O–H groups in total. The van der Waals surface area contributed by atoms with Gasteiger partial charge in [-0.15, -0.1) is 0 Å². The Bertz CT molecular complexity index is 526. The Morgan fingerprint density at radius 1 is 0.381 bits per heavy atom. The zero-order chi connectivity index (χ0) is 31.6. The van der Waals surface area contributed by atoms with Crippen LogP contribution in [0, 0.1) is 0 Å². The van der Waals surface area contributed by atoms with Gasteiger partial charge in [0.05, 0.1) is 26.2 Å². The average Bonchev–Trinajstić information content (AvgIpc) is 2.94. The van der Waals surface area contributed by atoms with Crippen molar-refractivity contribution in [1.29, 1.82) is 0 Å². The predicted octanol–water partition coefficient (Wildman–Crippen LogP) is 11.8. The maximum Gasteiger partial charge on any atom is 0.215 e. The lowest BCUT2D eigenvalue weighted by atomic mass is 10.0. The molecule has 5 nitrogen and oxygen atoms in total. The Labute approximate surface area is 265 Å². The van der Waals surface area contributed by atoms with Gasteiger partial charge in [-0.05, 0) is 51.4 Å². The number of rotatable bonds is 32. The first kappa shape index (κ1) is 44.0. The van der Waals surface area contributed by atoms with E-state index in [2.05, 4.69) is 27.7 Å². The second-order valence-corrected chi connectivity index (χ2v) is 14.0. The third kappa shape index (κ3) is 37.9. The first-order valence-corrected chi connectivity index (χ1v) is 20.1. The van der Waals surface area contributed by atoms with Crippen molar-refractivity contribution in [3.05, 3.63) is 0 Å². The molecule has 0 radical (unpaired) electrons. The lowest BCUT2D eigenvalue weighted by Gasteiger charge is -2.40. The third-order valence-corrected chi connectivity index (χ3v) is 8.94. The molecule has 0 heterocycles. The van der Waals surface area contributed by atoms with Gasteiger partial charge in [-0.3, -0.25) is 4.55 Å². The molecule has 0 saturated heterocycles. The second-order valence-electron chi connectivity index (χ2n) is 13.1. The third-order valence-electron chi connectivity index (χ3n) is 8.94. The van der Waals surface area contributed by atoms with E-state index >= 15 is 0 Å². The van der Waals surface area contributed by atoms with Crippen LogP contribution in [0.2, 0.25) is 0 Å². The van der Waals surface area contributed by atoms with Crippen LogP contribution in [-0.2, 0) is 10.4 Å². The summed E-state index contributed by atoms with van der Waals surface area (Å²) >= 11 is 0. The lowest BCUT2D eigenvalue weighted by Crippen LogP contribution is -2.50. The van der Waals surface area contributed by atoms with Crippen LogP contribution in [0.1, 0.15) is 207 Å². The Morgan fingerprint density at radius 2 is 0.524 bits per heavy atom. The summed E-state index contributed by atoms with van der Waals surface area (Å²) in [7, 11) is -4.92. The van der Waals surface area contributed by atoms with Crippen LogP contribution in [0.25, 0.3) is 0 Å². The van der Waals surface area contributed by atoms with Gasteiger partial charge in [-0.1, -0.05) is 156 Å².